The molecule has 3 aromatic heterocycles. The zero-order valence-electron chi connectivity index (χ0n) is 13.8. The Morgan fingerprint density at radius 1 is 1.22 bits per heavy atom. The van der Waals surface area contributed by atoms with Gasteiger partial charge in [0.05, 0.1) is 22.0 Å². The van der Waals surface area contributed by atoms with Crippen molar-refractivity contribution in [2.45, 2.75) is 18.1 Å². The van der Waals surface area contributed by atoms with E-state index in [2.05, 4.69) is 19.7 Å². The minimum atomic E-state index is -3.64. The molecule has 1 amide bonds. The van der Waals surface area contributed by atoms with Gasteiger partial charge < -0.3 is 0 Å². The lowest BCUT2D eigenvalue weighted by Crippen LogP contribution is -2.33. The molecular formula is C17H13FN4O3S2. The predicted octanol–water partition coefficient (Wildman–Crippen LogP) is 2.63. The summed E-state index contributed by atoms with van der Waals surface area (Å²) in [6.45, 7) is 0. The van der Waals surface area contributed by atoms with Crippen LogP contribution in [0.1, 0.15) is 23.3 Å². The average molecular weight is 404 g/mol. The first kappa shape index (κ1) is 17.7. The summed E-state index contributed by atoms with van der Waals surface area (Å²) in [6, 6.07) is 6.08. The first-order valence-electron chi connectivity index (χ1n) is 8.02. The van der Waals surface area contributed by atoms with Crippen LogP contribution in [0.2, 0.25) is 0 Å². The highest BCUT2D eigenvalue weighted by molar-refractivity contribution is 7.91. The summed E-state index contributed by atoms with van der Waals surface area (Å²) >= 11 is 1.27. The Hall–Kier alpha value is -2.72. The molecule has 4 rings (SSSR count). The van der Waals surface area contributed by atoms with Gasteiger partial charge in [-0.1, -0.05) is 6.07 Å². The van der Waals surface area contributed by atoms with Gasteiger partial charge in [0.1, 0.15) is 16.5 Å². The first-order valence-corrected chi connectivity index (χ1v) is 10.4. The molecule has 1 aliphatic carbocycles. The van der Waals surface area contributed by atoms with Crippen molar-refractivity contribution in [3.63, 3.8) is 0 Å². The fraction of sp³-hybridized carbons (Fsp3) is 0.176. The highest BCUT2D eigenvalue weighted by atomic mass is 32.2. The number of rotatable bonds is 5. The number of aromatic nitrogens is 3. The summed E-state index contributed by atoms with van der Waals surface area (Å²) in [6.07, 6.45) is 5.31. The van der Waals surface area contributed by atoms with E-state index in [0.29, 0.717) is 34.0 Å². The minimum absolute atomic E-state index is 0.000836. The molecule has 0 radical (unpaired) electrons. The maximum Gasteiger partial charge on any atom is 0.283 e. The molecule has 1 aliphatic rings. The summed E-state index contributed by atoms with van der Waals surface area (Å²) in [5, 5.41) is 0.0681. The normalized spacial score (nSPS) is 14.1. The van der Waals surface area contributed by atoms with E-state index in [4.69, 9.17) is 0 Å². The molecule has 0 aliphatic heterocycles. The van der Waals surface area contributed by atoms with Gasteiger partial charge in [0.15, 0.2) is 0 Å². The topological polar surface area (TPSA) is 102 Å². The van der Waals surface area contributed by atoms with Crippen molar-refractivity contribution in [1.29, 1.82) is 0 Å². The van der Waals surface area contributed by atoms with Crippen LogP contribution in [0.5, 0.6) is 0 Å². The third-order valence-corrected chi connectivity index (χ3v) is 6.78. The van der Waals surface area contributed by atoms with Gasteiger partial charge in [0.2, 0.25) is 10.0 Å². The fourth-order valence-corrected chi connectivity index (χ4v) is 4.55. The minimum Gasteiger partial charge on any atom is -0.266 e. The van der Waals surface area contributed by atoms with Gasteiger partial charge in [0.25, 0.3) is 5.91 Å². The number of sulfonamides is 1. The average Bonchev–Trinajstić information content (AvgIpc) is 3.40. The van der Waals surface area contributed by atoms with E-state index in [-0.39, 0.29) is 5.69 Å². The molecule has 1 saturated carbocycles. The third-order valence-electron chi connectivity index (χ3n) is 3.89. The lowest BCUT2D eigenvalue weighted by Gasteiger charge is -2.05. The maximum absolute atomic E-state index is 13.3. The highest BCUT2D eigenvalue weighted by Crippen LogP contribution is 2.31. The molecule has 1 fully saturated rings. The zero-order chi connectivity index (χ0) is 19.0. The van der Waals surface area contributed by atoms with Gasteiger partial charge in [-0.15, -0.1) is 11.3 Å². The van der Waals surface area contributed by atoms with Crippen molar-refractivity contribution in [2.75, 3.05) is 0 Å². The standard InChI is InChI=1S/C17H13FN4O3S2/c18-11-6-10(7-19-8-11)17-20-9-15(26-17)13-2-1-3-14(21-13)16(23)22-27(24,25)12-4-5-12/h1-3,6-9,12H,4-5H2,(H,22,23). The number of nitrogens with zero attached hydrogens (tertiary/aromatic N) is 3. The first-order chi connectivity index (χ1) is 12.9. The predicted molar refractivity (Wildman–Crippen MR) is 97.9 cm³/mol. The quantitative estimate of drug-likeness (QED) is 0.701. The highest BCUT2D eigenvalue weighted by Gasteiger charge is 2.37. The van der Waals surface area contributed by atoms with Gasteiger partial charge in [-0.2, -0.15) is 0 Å². The molecule has 3 heterocycles. The van der Waals surface area contributed by atoms with Crippen LogP contribution in [0.25, 0.3) is 21.1 Å². The Bertz CT molecular complexity index is 1130. The lowest BCUT2D eigenvalue weighted by atomic mass is 10.2. The number of hydrogen-bond acceptors (Lipinski definition) is 7. The fourth-order valence-electron chi connectivity index (χ4n) is 2.40. The van der Waals surface area contributed by atoms with Crippen molar-refractivity contribution < 1.29 is 17.6 Å². The Labute approximate surface area is 158 Å². The van der Waals surface area contributed by atoms with Crippen LogP contribution in [0, 0.1) is 5.82 Å². The Kier molecular flexibility index (Phi) is 4.44. The zero-order valence-corrected chi connectivity index (χ0v) is 15.4. The molecule has 138 valence electrons. The second-order valence-corrected chi connectivity index (χ2v) is 9.00. The lowest BCUT2D eigenvalue weighted by molar-refractivity contribution is 0.0976. The molecule has 0 atom stereocenters. The number of halogens is 1. The summed E-state index contributed by atoms with van der Waals surface area (Å²) in [7, 11) is -3.64. The number of thiazole rings is 1. The number of carbonyl (C=O) groups excluding carboxylic acids is 1. The summed E-state index contributed by atoms with van der Waals surface area (Å²) in [4.78, 5) is 25.2. The largest absolute Gasteiger partial charge is 0.283 e. The van der Waals surface area contributed by atoms with E-state index in [9.17, 15) is 17.6 Å². The van der Waals surface area contributed by atoms with E-state index in [1.807, 2.05) is 0 Å². The molecular weight excluding hydrogens is 391 g/mol. The van der Waals surface area contributed by atoms with Crippen molar-refractivity contribution >= 4 is 27.3 Å². The van der Waals surface area contributed by atoms with Gasteiger partial charge in [-0.05, 0) is 31.0 Å². The summed E-state index contributed by atoms with van der Waals surface area (Å²) < 4.78 is 39.2. The van der Waals surface area contributed by atoms with Crippen LogP contribution in [-0.4, -0.2) is 34.5 Å². The second-order valence-electron chi connectivity index (χ2n) is 6.01. The monoisotopic (exact) mass is 404 g/mol. The van der Waals surface area contributed by atoms with Crippen LogP contribution < -0.4 is 4.72 Å². The van der Waals surface area contributed by atoms with E-state index >= 15 is 0 Å². The molecule has 7 nitrogen and oxygen atoms in total. The van der Waals surface area contributed by atoms with E-state index in [1.165, 1.54) is 29.7 Å². The summed E-state index contributed by atoms with van der Waals surface area (Å²) in [5.41, 5.74) is 1.01. The van der Waals surface area contributed by atoms with Gasteiger partial charge in [-0.3, -0.25) is 9.78 Å². The van der Waals surface area contributed by atoms with Gasteiger partial charge >= 0.3 is 0 Å². The Morgan fingerprint density at radius 3 is 2.78 bits per heavy atom. The molecule has 1 N–H and O–H groups in total. The molecule has 0 aromatic carbocycles. The van der Waals surface area contributed by atoms with Crippen LogP contribution in [0.15, 0.2) is 42.9 Å². The third kappa shape index (κ3) is 3.86. The number of carbonyl (C=O) groups is 1. The van der Waals surface area contributed by atoms with Crippen molar-refractivity contribution in [3.8, 4) is 21.1 Å². The Balaban J connectivity index is 1.58. The van der Waals surface area contributed by atoms with Gasteiger partial charge in [0, 0.05) is 18.0 Å². The summed E-state index contributed by atoms with van der Waals surface area (Å²) in [5.74, 6) is -1.22. The van der Waals surface area contributed by atoms with Crippen molar-refractivity contribution in [2.24, 2.45) is 0 Å². The van der Waals surface area contributed by atoms with Crippen LogP contribution in [0.4, 0.5) is 4.39 Å². The molecule has 3 aromatic rings. The molecule has 27 heavy (non-hydrogen) atoms. The van der Waals surface area contributed by atoms with E-state index < -0.39 is 27.0 Å². The number of hydrogen-bond donors (Lipinski definition) is 1. The number of nitrogens with one attached hydrogen (secondary N) is 1. The van der Waals surface area contributed by atoms with Crippen LogP contribution in [0.3, 0.4) is 0 Å². The smallest absolute Gasteiger partial charge is 0.266 e. The molecule has 0 saturated heterocycles. The van der Waals surface area contributed by atoms with E-state index in [1.54, 1.807) is 18.3 Å². The van der Waals surface area contributed by atoms with Crippen LogP contribution in [-0.2, 0) is 10.0 Å². The number of amides is 1. The van der Waals surface area contributed by atoms with Crippen molar-refractivity contribution in [3.05, 3.63) is 54.4 Å². The molecule has 0 unspecified atom stereocenters. The molecule has 0 spiro atoms. The Morgan fingerprint density at radius 2 is 2.04 bits per heavy atom. The maximum atomic E-state index is 13.3. The molecule has 10 heteroatoms. The second kappa shape index (κ2) is 6.78. The van der Waals surface area contributed by atoms with Crippen LogP contribution >= 0.6 is 11.3 Å². The van der Waals surface area contributed by atoms with E-state index in [0.717, 1.165) is 6.20 Å². The van der Waals surface area contributed by atoms with Gasteiger partial charge in [-0.25, -0.2) is 27.5 Å². The number of pyridine rings is 2. The van der Waals surface area contributed by atoms with Crippen molar-refractivity contribution in [1.82, 2.24) is 19.7 Å². The SMILES string of the molecule is O=C(NS(=O)(=O)C1CC1)c1cccc(-c2cnc(-c3cncc(F)c3)s2)n1. The molecule has 0 bridgehead atoms.